The molecule has 0 saturated heterocycles. The maximum absolute atomic E-state index is 13.6. The number of alkyl halides is 7. The first kappa shape index (κ1) is 14.2. The third kappa shape index (κ3) is 1.55. The zero-order valence-electron chi connectivity index (χ0n) is 8.52. The Labute approximate surface area is 91.3 Å². The van der Waals surface area contributed by atoms with Crippen molar-refractivity contribution in [2.45, 2.75) is 43.2 Å². The first-order chi connectivity index (χ1) is 7.44. The Kier molecular flexibility index (Phi) is 3.00. The lowest BCUT2D eigenvalue weighted by Crippen LogP contribution is -2.67. The molecule has 100 valence electrons. The normalized spacial score (nSPS) is 34.3. The molecule has 8 heteroatoms. The van der Waals surface area contributed by atoms with Gasteiger partial charge in [0, 0.05) is 6.08 Å². The molecule has 0 aromatic carbocycles. The summed E-state index contributed by atoms with van der Waals surface area (Å²) in [6.45, 7) is 1.07. The van der Waals surface area contributed by atoms with Gasteiger partial charge in [0.25, 0.3) is 0 Å². The van der Waals surface area contributed by atoms with Crippen LogP contribution < -0.4 is 0 Å². The zero-order valence-corrected chi connectivity index (χ0v) is 8.52. The van der Waals surface area contributed by atoms with Crippen LogP contribution in [-0.4, -0.2) is 23.4 Å². The van der Waals surface area contributed by atoms with E-state index in [1.54, 1.807) is 0 Å². The molecule has 1 rings (SSSR count). The minimum atomic E-state index is -5.81. The molecule has 0 spiro atoms. The van der Waals surface area contributed by atoms with Crippen LogP contribution in [0.25, 0.3) is 0 Å². The Bertz CT molecular complexity index is 345. The Morgan fingerprint density at radius 2 is 1.47 bits per heavy atom. The summed E-state index contributed by atoms with van der Waals surface area (Å²) < 4.78 is 104. The highest BCUT2D eigenvalue weighted by Gasteiger charge is 2.82. The maximum Gasteiger partial charge on any atom is 0.364 e. The molecule has 0 aromatic rings. The lowest BCUT2D eigenvalue weighted by molar-refractivity contribution is -0.317. The summed E-state index contributed by atoms with van der Waals surface area (Å²) in [6.07, 6.45) is -3.10. The monoisotopic (exact) mass is 268 g/mol. The Balaban J connectivity index is 3.48. The summed E-state index contributed by atoms with van der Waals surface area (Å²) in [4.78, 5) is 0. The van der Waals surface area contributed by atoms with Crippen LogP contribution in [-0.2, 0) is 0 Å². The molecule has 0 bridgehead atoms. The maximum atomic E-state index is 13.6. The van der Waals surface area contributed by atoms with Crippen molar-refractivity contribution in [2.24, 2.45) is 0 Å². The van der Waals surface area contributed by atoms with Gasteiger partial charge in [-0.2, -0.15) is 26.3 Å². The SMILES string of the molecule is CCCC1(F)C(F)(F)C=C(F)C(F)(F)C1(F)F. The van der Waals surface area contributed by atoms with E-state index in [1.807, 2.05) is 0 Å². The number of hydrogen-bond donors (Lipinski definition) is 0. The van der Waals surface area contributed by atoms with Gasteiger partial charge in [-0.25, -0.2) is 8.78 Å². The molecule has 1 unspecified atom stereocenters. The van der Waals surface area contributed by atoms with Crippen molar-refractivity contribution in [3.8, 4) is 0 Å². The van der Waals surface area contributed by atoms with Crippen LogP contribution in [0.2, 0.25) is 0 Å². The Morgan fingerprint density at radius 3 is 1.88 bits per heavy atom. The topological polar surface area (TPSA) is 0 Å². The van der Waals surface area contributed by atoms with E-state index in [0.29, 0.717) is 0 Å². The fourth-order valence-electron chi connectivity index (χ4n) is 1.64. The highest BCUT2D eigenvalue weighted by Crippen LogP contribution is 2.60. The first-order valence-electron chi connectivity index (χ1n) is 4.65. The third-order valence-corrected chi connectivity index (χ3v) is 2.62. The standard InChI is InChI=1S/C9H8F8/c1-2-3-6(11)7(12,13)4-5(10)8(14,15)9(6,16)17/h4H,2-3H2,1H3. The molecule has 0 N–H and O–H groups in total. The highest BCUT2D eigenvalue weighted by atomic mass is 19.3. The summed E-state index contributed by atoms with van der Waals surface area (Å²) in [5.74, 6) is -19.4. The summed E-state index contributed by atoms with van der Waals surface area (Å²) in [7, 11) is 0. The minimum Gasteiger partial charge on any atom is -0.230 e. The van der Waals surface area contributed by atoms with Crippen molar-refractivity contribution in [3.05, 3.63) is 11.9 Å². The van der Waals surface area contributed by atoms with E-state index >= 15 is 0 Å². The van der Waals surface area contributed by atoms with Crippen molar-refractivity contribution >= 4 is 0 Å². The van der Waals surface area contributed by atoms with Crippen LogP contribution >= 0.6 is 0 Å². The Morgan fingerprint density at radius 1 is 1.00 bits per heavy atom. The zero-order chi connectivity index (χ0) is 13.7. The van der Waals surface area contributed by atoms with Crippen molar-refractivity contribution in [1.29, 1.82) is 0 Å². The number of rotatable bonds is 2. The molecule has 0 fully saturated rings. The lowest BCUT2D eigenvalue weighted by Gasteiger charge is -2.43. The molecule has 0 nitrogen and oxygen atoms in total. The predicted molar refractivity (Wildman–Crippen MR) is 42.8 cm³/mol. The van der Waals surface area contributed by atoms with E-state index in [9.17, 15) is 35.1 Å². The van der Waals surface area contributed by atoms with E-state index in [4.69, 9.17) is 0 Å². The fraction of sp³-hybridized carbons (Fsp3) is 0.778. The summed E-state index contributed by atoms with van der Waals surface area (Å²) in [6, 6.07) is 0. The van der Waals surface area contributed by atoms with Gasteiger partial charge in [0.15, 0.2) is 5.83 Å². The van der Waals surface area contributed by atoms with Gasteiger partial charge in [-0.1, -0.05) is 13.3 Å². The molecule has 0 aliphatic heterocycles. The van der Waals surface area contributed by atoms with Crippen LogP contribution in [0.15, 0.2) is 11.9 Å². The molecule has 0 radical (unpaired) electrons. The second kappa shape index (κ2) is 3.58. The van der Waals surface area contributed by atoms with Crippen LogP contribution in [0.1, 0.15) is 19.8 Å². The molecule has 1 aliphatic carbocycles. The van der Waals surface area contributed by atoms with Crippen molar-refractivity contribution < 1.29 is 35.1 Å². The number of allylic oxidation sites excluding steroid dienone is 2. The molecular weight excluding hydrogens is 260 g/mol. The van der Waals surface area contributed by atoms with Gasteiger partial charge in [-0.3, -0.25) is 0 Å². The van der Waals surface area contributed by atoms with Crippen LogP contribution in [0, 0.1) is 0 Å². The largest absolute Gasteiger partial charge is 0.364 e. The average molecular weight is 268 g/mol. The van der Waals surface area contributed by atoms with Gasteiger partial charge in [-0.15, -0.1) is 0 Å². The van der Waals surface area contributed by atoms with Crippen molar-refractivity contribution in [3.63, 3.8) is 0 Å². The highest BCUT2D eigenvalue weighted by molar-refractivity contribution is 5.30. The predicted octanol–water partition coefficient (Wildman–Crippen LogP) is 4.27. The summed E-state index contributed by atoms with van der Waals surface area (Å²) in [5.41, 5.74) is -4.80. The molecule has 1 aliphatic rings. The van der Waals surface area contributed by atoms with Crippen LogP contribution in [0.3, 0.4) is 0 Å². The number of hydrogen-bond acceptors (Lipinski definition) is 0. The van der Waals surface area contributed by atoms with Crippen molar-refractivity contribution in [2.75, 3.05) is 0 Å². The molecule has 17 heavy (non-hydrogen) atoms. The average Bonchev–Trinajstić information content (AvgIpc) is 2.14. The van der Waals surface area contributed by atoms with Gasteiger partial charge < -0.3 is 0 Å². The smallest absolute Gasteiger partial charge is 0.230 e. The molecular formula is C9H8F8. The minimum absolute atomic E-state index is 0.521. The van der Waals surface area contributed by atoms with Gasteiger partial charge in [0.2, 0.25) is 5.67 Å². The Hall–Kier alpha value is -0.820. The van der Waals surface area contributed by atoms with E-state index in [2.05, 4.69) is 0 Å². The summed E-state index contributed by atoms with van der Waals surface area (Å²) in [5, 5.41) is 0. The molecule has 0 aromatic heterocycles. The molecule has 1 atom stereocenters. The fourth-order valence-corrected chi connectivity index (χ4v) is 1.64. The van der Waals surface area contributed by atoms with E-state index in [0.717, 1.165) is 6.92 Å². The summed E-state index contributed by atoms with van der Waals surface area (Å²) >= 11 is 0. The molecule has 0 saturated carbocycles. The van der Waals surface area contributed by atoms with Gasteiger partial charge in [0.05, 0.1) is 0 Å². The van der Waals surface area contributed by atoms with Crippen LogP contribution in [0.4, 0.5) is 35.1 Å². The van der Waals surface area contributed by atoms with E-state index in [-0.39, 0.29) is 0 Å². The molecule has 0 amide bonds. The second-order valence-electron chi connectivity index (χ2n) is 3.82. The van der Waals surface area contributed by atoms with Crippen LogP contribution in [0.5, 0.6) is 0 Å². The van der Waals surface area contributed by atoms with E-state index < -0.39 is 48.2 Å². The lowest BCUT2D eigenvalue weighted by atomic mass is 9.78. The van der Waals surface area contributed by atoms with E-state index in [1.165, 1.54) is 0 Å². The quantitative estimate of drug-likeness (QED) is 0.656. The second-order valence-corrected chi connectivity index (χ2v) is 3.82. The van der Waals surface area contributed by atoms with Gasteiger partial charge >= 0.3 is 17.8 Å². The molecule has 0 heterocycles. The van der Waals surface area contributed by atoms with Crippen molar-refractivity contribution in [1.82, 2.24) is 0 Å². The first-order valence-corrected chi connectivity index (χ1v) is 4.65. The third-order valence-electron chi connectivity index (χ3n) is 2.62. The number of halogens is 8. The van der Waals surface area contributed by atoms with Gasteiger partial charge in [0.1, 0.15) is 0 Å². The van der Waals surface area contributed by atoms with Gasteiger partial charge in [-0.05, 0) is 6.42 Å².